The van der Waals surface area contributed by atoms with Crippen LogP contribution < -0.4 is 5.73 Å². The Morgan fingerprint density at radius 2 is 2.20 bits per heavy atom. The molecule has 86 valence electrons. The molecule has 2 unspecified atom stereocenters. The van der Waals surface area contributed by atoms with Crippen molar-refractivity contribution in [3.63, 3.8) is 0 Å². The molecule has 0 aliphatic heterocycles. The Hall–Kier alpha value is -0.120. The first-order valence-corrected chi connectivity index (χ1v) is 6.19. The van der Waals surface area contributed by atoms with Gasteiger partial charge in [-0.05, 0) is 20.3 Å². The van der Waals surface area contributed by atoms with Gasteiger partial charge in [0.05, 0.1) is 0 Å². The Morgan fingerprint density at radius 1 is 1.53 bits per heavy atom. The predicted molar refractivity (Wildman–Crippen MR) is 68.0 cm³/mol. The highest BCUT2D eigenvalue weighted by Gasteiger charge is 2.36. The zero-order valence-electron chi connectivity index (χ0n) is 9.72. The van der Waals surface area contributed by atoms with E-state index in [-0.39, 0.29) is 11.5 Å². The van der Waals surface area contributed by atoms with Gasteiger partial charge in [0.1, 0.15) is 0 Å². The van der Waals surface area contributed by atoms with Gasteiger partial charge in [0, 0.05) is 29.2 Å². The van der Waals surface area contributed by atoms with Gasteiger partial charge in [0.25, 0.3) is 0 Å². The zero-order chi connectivity index (χ0) is 11.5. The lowest BCUT2D eigenvalue weighted by Gasteiger charge is -2.38. The van der Waals surface area contributed by atoms with Gasteiger partial charge in [-0.2, -0.15) is 0 Å². The van der Waals surface area contributed by atoms with Crippen molar-refractivity contribution in [3.8, 4) is 0 Å². The molecule has 0 amide bonds. The van der Waals surface area contributed by atoms with Crippen LogP contribution in [0.1, 0.15) is 27.2 Å². The van der Waals surface area contributed by atoms with Crippen LogP contribution in [0.4, 0.5) is 0 Å². The highest BCUT2D eigenvalue weighted by molar-refractivity contribution is 9.11. The lowest BCUT2D eigenvalue weighted by Crippen LogP contribution is -2.43. The molecule has 1 aliphatic carbocycles. The molecule has 3 heteroatoms. The Morgan fingerprint density at radius 3 is 2.80 bits per heavy atom. The molecule has 0 aromatic carbocycles. The molecular weight excluding hydrogens is 254 g/mol. The number of hydrogen-bond acceptors (Lipinski definition) is 2. The van der Waals surface area contributed by atoms with E-state index in [4.69, 9.17) is 10.5 Å². The van der Waals surface area contributed by atoms with Gasteiger partial charge in [-0.3, -0.25) is 0 Å². The van der Waals surface area contributed by atoms with Crippen molar-refractivity contribution in [2.24, 2.45) is 11.1 Å². The standard InChI is InChI=1S/C12H20BrNO/c1-4-15-8-7-12(3)10(13)6-5-9(2)11(12)14/h5-6,11H,4,7-8,14H2,1-3H3. The maximum Gasteiger partial charge on any atom is 0.0475 e. The molecule has 2 N–H and O–H groups in total. The van der Waals surface area contributed by atoms with Crippen LogP contribution in [-0.4, -0.2) is 19.3 Å². The van der Waals surface area contributed by atoms with Crippen molar-refractivity contribution in [2.45, 2.75) is 33.2 Å². The van der Waals surface area contributed by atoms with Crippen LogP contribution in [0.15, 0.2) is 22.2 Å². The van der Waals surface area contributed by atoms with Crippen molar-refractivity contribution in [2.75, 3.05) is 13.2 Å². The van der Waals surface area contributed by atoms with Gasteiger partial charge >= 0.3 is 0 Å². The number of ether oxygens (including phenoxy) is 1. The lowest BCUT2D eigenvalue weighted by molar-refractivity contribution is 0.116. The molecule has 2 nitrogen and oxygen atoms in total. The summed E-state index contributed by atoms with van der Waals surface area (Å²) >= 11 is 3.61. The first kappa shape index (κ1) is 12.9. The average Bonchev–Trinajstić information content (AvgIpc) is 2.22. The maximum absolute atomic E-state index is 6.23. The van der Waals surface area contributed by atoms with Crippen molar-refractivity contribution < 1.29 is 4.74 Å². The third-order valence-corrected chi connectivity index (χ3v) is 4.36. The van der Waals surface area contributed by atoms with Crippen LogP contribution in [0.2, 0.25) is 0 Å². The summed E-state index contributed by atoms with van der Waals surface area (Å²) < 4.78 is 6.58. The number of allylic oxidation sites excluding steroid dienone is 2. The van der Waals surface area contributed by atoms with Crippen molar-refractivity contribution in [3.05, 3.63) is 22.2 Å². The average molecular weight is 274 g/mol. The molecule has 0 saturated carbocycles. The second kappa shape index (κ2) is 5.28. The molecule has 0 radical (unpaired) electrons. The summed E-state index contributed by atoms with van der Waals surface area (Å²) in [5, 5.41) is 0. The van der Waals surface area contributed by atoms with E-state index >= 15 is 0 Å². The molecular formula is C12H20BrNO. The van der Waals surface area contributed by atoms with E-state index in [0.717, 1.165) is 19.6 Å². The molecule has 0 spiro atoms. The summed E-state index contributed by atoms with van der Waals surface area (Å²) in [6, 6.07) is 0.0809. The maximum atomic E-state index is 6.23. The molecule has 0 heterocycles. The summed E-state index contributed by atoms with van der Waals surface area (Å²) in [7, 11) is 0. The van der Waals surface area contributed by atoms with Gasteiger partial charge in [0.15, 0.2) is 0 Å². The number of hydrogen-bond donors (Lipinski definition) is 1. The lowest BCUT2D eigenvalue weighted by atomic mass is 9.74. The van der Waals surface area contributed by atoms with Crippen LogP contribution in [-0.2, 0) is 4.74 Å². The summed E-state index contributed by atoms with van der Waals surface area (Å²) in [4.78, 5) is 0. The summed E-state index contributed by atoms with van der Waals surface area (Å²) in [5.74, 6) is 0. The molecule has 1 rings (SSSR count). The molecule has 0 bridgehead atoms. The second-order valence-electron chi connectivity index (χ2n) is 4.27. The Kier molecular flexibility index (Phi) is 4.56. The van der Waals surface area contributed by atoms with Crippen LogP contribution in [0, 0.1) is 5.41 Å². The predicted octanol–water partition coefficient (Wildman–Crippen LogP) is 2.99. The monoisotopic (exact) mass is 273 g/mol. The molecule has 15 heavy (non-hydrogen) atoms. The fourth-order valence-corrected chi connectivity index (χ4v) is 2.43. The smallest absolute Gasteiger partial charge is 0.0475 e. The topological polar surface area (TPSA) is 35.2 Å². The minimum Gasteiger partial charge on any atom is -0.382 e. The number of nitrogens with two attached hydrogens (primary N) is 1. The van der Waals surface area contributed by atoms with Gasteiger partial charge in [0.2, 0.25) is 0 Å². The quantitative estimate of drug-likeness (QED) is 0.800. The normalized spacial score (nSPS) is 31.1. The second-order valence-corrected chi connectivity index (χ2v) is 5.12. The molecule has 0 aromatic rings. The fourth-order valence-electron chi connectivity index (χ4n) is 1.85. The zero-order valence-corrected chi connectivity index (χ0v) is 11.3. The highest BCUT2D eigenvalue weighted by Crippen LogP contribution is 2.42. The minimum atomic E-state index is -0.0198. The largest absolute Gasteiger partial charge is 0.382 e. The Balaban J connectivity index is 2.73. The number of halogens is 1. The van der Waals surface area contributed by atoms with Gasteiger partial charge < -0.3 is 10.5 Å². The summed E-state index contributed by atoms with van der Waals surface area (Å²) in [6.07, 6.45) is 5.13. The van der Waals surface area contributed by atoms with Crippen molar-refractivity contribution in [1.29, 1.82) is 0 Å². The van der Waals surface area contributed by atoms with E-state index < -0.39 is 0 Å². The molecule has 1 aliphatic rings. The Bertz CT molecular complexity index is 285. The first-order valence-electron chi connectivity index (χ1n) is 5.40. The molecule has 0 saturated heterocycles. The minimum absolute atomic E-state index is 0.0198. The van der Waals surface area contributed by atoms with Gasteiger partial charge in [-0.15, -0.1) is 0 Å². The van der Waals surface area contributed by atoms with Crippen LogP contribution in [0.5, 0.6) is 0 Å². The third kappa shape index (κ3) is 2.71. The fraction of sp³-hybridized carbons (Fsp3) is 0.667. The summed E-state index contributed by atoms with van der Waals surface area (Å²) in [5.41, 5.74) is 7.45. The van der Waals surface area contributed by atoms with Crippen LogP contribution in [0.3, 0.4) is 0 Å². The van der Waals surface area contributed by atoms with Crippen LogP contribution in [0.25, 0.3) is 0 Å². The van der Waals surface area contributed by atoms with E-state index in [2.05, 4.69) is 41.9 Å². The van der Waals surface area contributed by atoms with E-state index in [0.29, 0.717) is 0 Å². The van der Waals surface area contributed by atoms with E-state index in [1.54, 1.807) is 0 Å². The number of rotatable bonds is 4. The van der Waals surface area contributed by atoms with Gasteiger partial charge in [-0.1, -0.05) is 40.6 Å². The van der Waals surface area contributed by atoms with Crippen molar-refractivity contribution >= 4 is 15.9 Å². The molecule has 0 fully saturated rings. The Labute approximate surface area is 101 Å². The van der Waals surface area contributed by atoms with Crippen molar-refractivity contribution in [1.82, 2.24) is 0 Å². The third-order valence-electron chi connectivity index (χ3n) is 3.18. The van der Waals surface area contributed by atoms with E-state index in [1.807, 2.05) is 6.92 Å². The SMILES string of the molecule is CCOCCC1(C)C(Br)=CC=C(C)C1N. The van der Waals surface area contributed by atoms with E-state index in [1.165, 1.54) is 10.1 Å². The molecule has 0 aromatic heterocycles. The van der Waals surface area contributed by atoms with Gasteiger partial charge in [-0.25, -0.2) is 0 Å². The summed E-state index contributed by atoms with van der Waals surface area (Å²) in [6.45, 7) is 7.81. The van der Waals surface area contributed by atoms with E-state index in [9.17, 15) is 0 Å². The molecule has 2 atom stereocenters. The first-order chi connectivity index (χ1) is 7.02. The highest BCUT2D eigenvalue weighted by atomic mass is 79.9. The van der Waals surface area contributed by atoms with Crippen LogP contribution >= 0.6 is 15.9 Å².